The normalized spacial score (nSPS) is 20.9. The van der Waals surface area contributed by atoms with E-state index in [1.165, 1.54) is 11.3 Å². The van der Waals surface area contributed by atoms with Crippen LogP contribution in [-0.4, -0.2) is 31.3 Å². The molecule has 1 fully saturated rings. The largest absolute Gasteiger partial charge is 0.378 e. The van der Waals surface area contributed by atoms with Crippen molar-refractivity contribution in [1.29, 1.82) is 0 Å². The average Bonchev–Trinajstić information content (AvgIpc) is 2.04. The van der Waals surface area contributed by atoms with Gasteiger partial charge in [-0.15, -0.1) is 0 Å². The summed E-state index contributed by atoms with van der Waals surface area (Å²) in [6.07, 6.45) is 5.23. The van der Waals surface area contributed by atoms with E-state index in [0.717, 1.165) is 32.2 Å². The predicted octanol–water partition coefficient (Wildman–Crippen LogP) is -0.171. The second-order valence-electron chi connectivity index (χ2n) is 4.28. The number of rotatable bonds is 1. The molecule has 1 aliphatic carbocycles. The highest BCUT2D eigenvalue weighted by Gasteiger charge is 2.26. The van der Waals surface area contributed by atoms with Crippen LogP contribution < -0.4 is 4.90 Å². The van der Waals surface area contributed by atoms with Gasteiger partial charge in [-0.2, -0.15) is 0 Å². The number of nitrogens with one attached hydrogen (secondary N) is 1. The molecular weight excluding hydrogens is 162 g/mol. The third-order valence-electron chi connectivity index (χ3n) is 2.44. The van der Waals surface area contributed by atoms with E-state index in [-0.39, 0.29) is 0 Å². The van der Waals surface area contributed by atoms with Gasteiger partial charge in [0, 0.05) is 0 Å². The minimum atomic E-state index is -0.659. The first kappa shape index (κ1) is 10.6. The molecule has 0 aromatic rings. The van der Waals surface area contributed by atoms with E-state index in [4.69, 9.17) is 0 Å². The highest BCUT2D eigenvalue weighted by atomic mass is 16.3. The Balaban J connectivity index is 2.42. The van der Waals surface area contributed by atoms with Crippen LogP contribution in [0, 0.1) is 11.8 Å². The van der Waals surface area contributed by atoms with Crippen LogP contribution in [0.2, 0.25) is 0 Å². The van der Waals surface area contributed by atoms with E-state index in [2.05, 4.69) is 25.9 Å². The quantitative estimate of drug-likeness (QED) is 0.541. The van der Waals surface area contributed by atoms with Crippen molar-refractivity contribution in [2.45, 2.75) is 37.7 Å². The molecule has 13 heavy (non-hydrogen) atoms. The van der Waals surface area contributed by atoms with Crippen LogP contribution in [0.25, 0.3) is 0 Å². The molecule has 1 aliphatic rings. The van der Waals surface area contributed by atoms with Gasteiger partial charge in [0.05, 0.1) is 14.1 Å². The third kappa shape index (κ3) is 3.80. The first-order valence-electron chi connectivity index (χ1n) is 5.14. The van der Waals surface area contributed by atoms with Crippen molar-refractivity contribution in [1.82, 2.24) is 0 Å². The van der Waals surface area contributed by atoms with Gasteiger partial charge in [-0.25, -0.2) is 0 Å². The molecule has 0 bridgehead atoms. The fourth-order valence-corrected chi connectivity index (χ4v) is 1.65. The Kier molecular flexibility index (Phi) is 3.77. The highest BCUT2D eigenvalue weighted by molar-refractivity contribution is 5.14. The molecule has 0 radical (unpaired) electrons. The maximum Gasteiger partial charge on any atom is 0.139 e. The lowest BCUT2D eigenvalue weighted by atomic mass is 9.85. The Bertz CT molecular complexity index is 206. The second-order valence-corrected chi connectivity index (χ2v) is 4.28. The lowest BCUT2D eigenvalue weighted by Crippen LogP contribution is -3.05. The van der Waals surface area contributed by atoms with Crippen LogP contribution >= 0.6 is 0 Å². The molecule has 1 rings (SSSR count). The molecule has 0 spiro atoms. The van der Waals surface area contributed by atoms with Crippen LogP contribution in [0.3, 0.4) is 0 Å². The Morgan fingerprint density at radius 2 is 1.85 bits per heavy atom. The Hall–Kier alpha value is -0.520. The van der Waals surface area contributed by atoms with E-state index in [1.807, 2.05) is 0 Å². The van der Waals surface area contributed by atoms with E-state index in [1.54, 1.807) is 0 Å². The predicted molar refractivity (Wildman–Crippen MR) is 53.5 cm³/mol. The lowest BCUT2D eigenvalue weighted by molar-refractivity contribution is -0.850. The molecule has 1 saturated carbocycles. The number of hydrogen-bond acceptors (Lipinski definition) is 1. The smallest absolute Gasteiger partial charge is 0.139 e. The molecule has 74 valence electrons. The summed E-state index contributed by atoms with van der Waals surface area (Å²) in [6, 6.07) is 0. The second kappa shape index (κ2) is 4.64. The molecule has 2 N–H and O–H groups in total. The van der Waals surface area contributed by atoms with Gasteiger partial charge in [-0.3, -0.25) is 0 Å². The molecule has 0 aromatic heterocycles. The van der Waals surface area contributed by atoms with Crippen LogP contribution in [0.15, 0.2) is 0 Å². The number of aliphatic hydroxyl groups is 1. The average molecular weight is 182 g/mol. The number of quaternary nitrogens is 1. The molecular formula is C11H20NO+. The molecule has 0 heterocycles. The third-order valence-corrected chi connectivity index (χ3v) is 2.44. The summed E-state index contributed by atoms with van der Waals surface area (Å²) in [6.45, 7) is 0.822. The summed E-state index contributed by atoms with van der Waals surface area (Å²) in [7, 11) is 4.14. The van der Waals surface area contributed by atoms with Crippen molar-refractivity contribution in [2.75, 3.05) is 20.6 Å². The standard InChI is InChI=1S/C11H19NO/c1-12(2)10-6-9-11(13)7-4-3-5-8-11/h13H,3-5,7-8,10H2,1-2H3/p+1. The molecule has 0 amide bonds. The molecule has 2 nitrogen and oxygen atoms in total. The van der Waals surface area contributed by atoms with Gasteiger partial charge < -0.3 is 10.0 Å². The van der Waals surface area contributed by atoms with Crippen molar-refractivity contribution < 1.29 is 10.0 Å². The molecule has 0 atom stereocenters. The van der Waals surface area contributed by atoms with Gasteiger partial charge >= 0.3 is 0 Å². The Morgan fingerprint density at radius 1 is 1.23 bits per heavy atom. The van der Waals surface area contributed by atoms with Gasteiger partial charge in [-0.1, -0.05) is 12.3 Å². The van der Waals surface area contributed by atoms with Gasteiger partial charge in [-0.05, 0) is 31.6 Å². The van der Waals surface area contributed by atoms with Gasteiger partial charge in [0.15, 0.2) is 0 Å². The molecule has 0 saturated heterocycles. The minimum Gasteiger partial charge on any atom is -0.378 e. The zero-order valence-electron chi connectivity index (χ0n) is 8.69. The summed E-state index contributed by atoms with van der Waals surface area (Å²) in [4.78, 5) is 1.31. The monoisotopic (exact) mass is 182 g/mol. The van der Waals surface area contributed by atoms with Gasteiger partial charge in [0.2, 0.25) is 0 Å². The first-order chi connectivity index (χ1) is 6.12. The van der Waals surface area contributed by atoms with Crippen molar-refractivity contribution in [3.05, 3.63) is 0 Å². The van der Waals surface area contributed by atoms with Crippen LogP contribution in [0.4, 0.5) is 0 Å². The van der Waals surface area contributed by atoms with Gasteiger partial charge in [0.1, 0.15) is 12.1 Å². The summed E-state index contributed by atoms with van der Waals surface area (Å²) >= 11 is 0. The lowest BCUT2D eigenvalue weighted by Gasteiger charge is -2.26. The zero-order chi connectivity index (χ0) is 9.73. The van der Waals surface area contributed by atoms with E-state index < -0.39 is 5.60 Å². The molecule has 0 aliphatic heterocycles. The maximum absolute atomic E-state index is 10.0. The van der Waals surface area contributed by atoms with Gasteiger partial charge in [0.25, 0.3) is 0 Å². The molecule has 0 unspecified atom stereocenters. The SMILES string of the molecule is C[NH+](C)CC#CC1(O)CCCCC1. The van der Waals surface area contributed by atoms with Crippen molar-refractivity contribution >= 4 is 0 Å². The summed E-state index contributed by atoms with van der Waals surface area (Å²) in [5.74, 6) is 6.07. The summed E-state index contributed by atoms with van der Waals surface area (Å²) in [5, 5.41) is 10.0. The topological polar surface area (TPSA) is 24.7 Å². The van der Waals surface area contributed by atoms with E-state index >= 15 is 0 Å². The first-order valence-corrected chi connectivity index (χ1v) is 5.14. The zero-order valence-corrected chi connectivity index (χ0v) is 8.69. The van der Waals surface area contributed by atoms with E-state index in [0.29, 0.717) is 0 Å². The van der Waals surface area contributed by atoms with Crippen LogP contribution in [-0.2, 0) is 0 Å². The molecule has 0 aromatic carbocycles. The van der Waals surface area contributed by atoms with Crippen LogP contribution in [0.5, 0.6) is 0 Å². The Labute approximate surface area is 80.9 Å². The summed E-state index contributed by atoms with van der Waals surface area (Å²) in [5.41, 5.74) is -0.659. The number of hydrogen-bond donors (Lipinski definition) is 2. The Morgan fingerprint density at radius 3 is 2.38 bits per heavy atom. The van der Waals surface area contributed by atoms with Crippen LogP contribution in [0.1, 0.15) is 32.1 Å². The van der Waals surface area contributed by atoms with E-state index in [9.17, 15) is 5.11 Å². The fraction of sp³-hybridized carbons (Fsp3) is 0.818. The summed E-state index contributed by atoms with van der Waals surface area (Å²) < 4.78 is 0. The highest BCUT2D eigenvalue weighted by Crippen LogP contribution is 2.26. The molecule has 2 heteroatoms. The van der Waals surface area contributed by atoms with Crippen molar-refractivity contribution in [2.24, 2.45) is 0 Å². The fourth-order valence-electron chi connectivity index (χ4n) is 1.65. The van der Waals surface area contributed by atoms with Crippen molar-refractivity contribution in [3.8, 4) is 11.8 Å². The minimum absolute atomic E-state index is 0.659. The maximum atomic E-state index is 10.0. The van der Waals surface area contributed by atoms with Crippen molar-refractivity contribution in [3.63, 3.8) is 0 Å².